The molecule has 0 aliphatic heterocycles. The van der Waals surface area contributed by atoms with Gasteiger partial charge in [0, 0.05) is 37.2 Å². The highest BCUT2D eigenvalue weighted by molar-refractivity contribution is 5.76. The Morgan fingerprint density at radius 1 is 1.10 bits per heavy atom. The number of H-pyrrole nitrogens is 1. The Morgan fingerprint density at radius 2 is 1.90 bits per heavy atom. The van der Waals surface area contributed by atoms with Crippen LogP contribution in [0.2, 0.25) is 0 Å². The van der Waals surface area contributed by atoms with E-state index in [-0.39, 0.29) is 17.9 Å². The average molecular weight is 400 g/mol. The maximum atomic E-state index is 12.4. The Hall–Kier alpha value is -2.63. The lowest BCUT2D eigenvalue weighted by atomic mass is 10.0. The van der Waals surface area contributed by atoms with Crippen molar-refractivity contribution in [1.29, 1.82) is 0 Å². The molecule has 158 valence electrons. The molecule has 2 rings (SSSR count). The third kappa shape index (κ3) is 9.92. The van der Waals surface area contributed by atoms with Gasteiger partial charge in [-0.1, -0.05) is 43.2 Å². The number of aromatic nitrogens is 2. The van der Waals surface area contributed by atoms with Gasteiger partial charge >= 0.3 is 5.97 Å². The molecule has 1 atom stereocenters. The Bertz CT molecular complexity index is 701. The molecule has 29 heavy (non-hydrogen) atoms. The number of esters is 1. The summed E-state index contributed by atoms with van der Waals surface area (Å²) in [7, 11) is 0. The molecular weight excluding hydrogens is 366 g/mol. The molecule has 0 unspecified atom stereocenters. The Balaban J connectivity index is 1.65. The minimum Gasteiger partial charge on any atom is -0.466 e. The van der Waals surface area contributed by atoms with Crippen molar-refractivity contribution >= 4 is 11.9 Å². The number of amides is 1. The highest BCUT2D eigenvalue weighted by Gasteiger charge is 2.16. The van der Waals surface area contributed by atoms with Gasteiger partial charge in [-0.2, -0.15) is 0 Å². The van der Waals surface area contributed by atoms with Crippen LogP contribution in [-0.2, 0) is 27.2 Å². The van der Waals surface area contributed by atoms with Crippen molar-refractivity contribution in [3.8, 4) is 0 Å². The first-order valence-electron chi connectivity index (χ1n) is 10.6. The van der Waals surface area contributed by atoms with E-state index in [1.165, 1.54) is 5.56 Å². The van der Waals surface area contributed by atoms with Crippen molar-refractivity contribution in [3.05, 3.63) is 54.1 Å². The predicted octanol–water partition coefficient (Wildman–Crippen LogP) is 3.97. The van der Waals surface area contributed by atoms with E-state index in [2.05, 4.69) is 39.6 Å². The SMILES string of the molecule is CCOC(=O)CC[C@@H](Cc1cnc[nH]1)NC(=O)CCCCCCc1ccccc1. The number of hydrogen-bond donors (Lipinski definition) is 2. The van der Waals surface area contributed by atoms with Crippen LogP contribution in [-0.4, -0.2) is 34.5 Å². The number of aromatic amines is 1. The molecule has 6 nitrogen and oxygen atoms in total. The average Bonchev–Trinajstić information content (AvgIpc) is 3.23. The number of carbonyl (C=O) groups excluding carboxylic acids is 2. The van der Waals surface area contributed by atoms with Crippen LogP contribution in [0.4, 0.5) is 0 Å². The van der Waals surface area contributed by atoms with E-state index < -0.39 is 0 Å². The molecule has 1 heterocycles. The van der Waals surface area contributed by atoms with Crippen molar-refractivity contribution < 1.29 is 14.3 Å². The number of hydrogen-bond acceptors (Lipinski definition) is 4. The first-order valence-corrected chi connectivity index (χ1v) is 10.6. The largest absolute Gasteiger partial charge is 0.466 e. The summed E-state index contributed by atoms with van der Waals surface area (Å²) in [5.41, 5.74) is 2.31. The van der Waals surface area contributed by atoms with E-state index in [1.54, 1.807) is 19.4 Å². The number of ether oxygens (including phenoxy) is 1. The van der Waals surface area contributed by atoms with Crippen molar-refractivity contribution in [1.82, 2.24) is 15.3 Å². The summed E-state index contributed by atoms with van der Waals surface area (Å²) >= 11 is 0. The second-order valence-corrected chi connectivity index (χ2v) is 7.29. The zero-order valence-corrected chi connectivity index (χ0v) is 17.4. The van der Waals surface area contributed by atoms with Crippen LogP contribution in [0.3, 0.4) is 0 Å². The molecule has 0 saturated carbocycles. The van der Waals surface area contributed by atoms with Crippen molar-refractivity contribution in [2.45, 2.75) is 70.8 Å². The van der Waals surface area contributed by atoms with Crippen LogP contribution in [0.15, 0.2) is 42.9 Å². The summed E-state index contributed by atoms with van der Waals surface area (Å²) in [4.78, 5) is 31.1. The summed E-state index contributed by atoms with van der Waals surface area (Å²) in [5.74, 6) is -0.184. The van der Waals surface area contributed by atoms with Crippen LogP contribution < -0.4 is 5.32 Å². The molecule has 2 aromatic rings. The van der Waals surface area contributed by atoms with Crippen molar-refractivity contribution in [2.75, 3.05) is 6.61 Å². The molecule has 0 saturated heterocycles. The van der Waals surface area contributed by atoms with E-state index in [0.717, 1.165) is 37.8 Å². The quantitative estimate of drug-likeness (QED) is 0.372. The first kappa shape index (κ1) is 22.7. The minimum atomic E-state index is -0.227. The Kier molecular flexibility index (Phi) is 10.6. The van der Waals surface area contributed by atoms with Gasteiger partial charge in [-0.3, -0.25) is 9.59 Å². The van der Waals surface area contributed by atoms with Crippen LogP contribution in [0.1, 0.15) is 63.1 Å². The molecule has 0 radical (unpaired) electrons. The number of unbranched alkanes of at least 4 members (excludes halogenated alkanes) is 3. The van der Waals surface area contributed by atoms with E-state index in [9.17, 15) is 9.59 Å². The van der Waals surface area contributed by atoms with Gasteiger partial charge in [-0.05, 0) is 38.2 Å². The maximum absolute atomic E-state index is 12.4. The molecule has 6 heteroatoms. The lowest BCUT2D eigenvalue weighted by Crippen LogP contribution is -2.37. The van der Waals surface area contributed by atoms with E-state index in [4.69, 9.17) is 4.74 Å². The zero-order valence-electron chi connectivity index (χ0n) is 17.4. The molecule has 0 aliphatic carbocycles. The fraction of sp³-hybridized carbons (Fsp3) is 0.522. The lowest BCUT2D eigenvalue weighted by Gasteiger charge is -2.18. The smallest absolute Gasteiger partial charge is 0.305 e. The first-order chi connectivity index (χ1) is 14.2. The number of imidazole rings is 1. The van der Waals surface area contributed by atoms with E-state index >= 15 is 0 Å². The summed E-state index contributed by atoms with van der Waals surface area (Å²) in [6.07, 6.45) is 10.7. The molecule has 0 bridgehead atoms. The number of benzene rings is 1. The van der Waals surface area contributed by atoms with E-state index in [1.807, 2.05) is 6.07 Å². The number of carbonyl (C=O) groups is 2. The van der Waals surface area contributed by atoms with Gasteiger partial charge in [0.15, 0.2) is 0 Å². The molecule has 1 aromatic heterocycles. The van der Waals surface area contributed by atoms with Gasteiger partial charge in [0.25, 0.3) is 0 Å². The van der Waals surface area contributed by atoms with Gasteiger partial charge in [0.1, 0.15) is 0 Å². The van der Waals surface area contributed by atoms with Gasteiger partial charge in [-0.15, -0.1) is 0 Å². The fourth-order valence-corrected chi connectivity index (χ4v) is 3.33. The minimum absolute atomic E-state index is 0.0430. The summed E-state index contributed by atoms with van der Waals surface area (Å²) < 4.78 is 5.00. The van der Waals surface area contributed by atoms with Crippen LogP contribution in [0.5, 0.6) is 0 Å². The Morgan fingerprint density at radius 3 is 2.62 bits per heavy atom. The topological polar surface area (TPSA) is 84.1 Å². The number of nitrogens with zero attached hydrogens (tertiary/aromatic N) is 1. The highest BCUT2D eigenvalue weighted by atomic mass is 16.5. The summed E-state index contributed by atoms with van der Waals surface area (Å²) in [6.45, 7) is 2.17. The summed E-state index contributed by atoms with van der Waals surface area (Å²) in [5, 5.41) is 3.08. The zero-order chi connectivity index (χ0) is 20.7. The van der Waals surface area contributed by atoms with Crippen molar-refractivity contribution in [2.24, 2.45) is 0 Å². The van der Waals surface area contributed by atoms with Crippen LogP contribution in [0.25, 0.3) is 0 Å². The third-order valence-electron chi connectivity index (χ3n) is 4.85. The number of aryl methyl sites for hydroxylation is 1. The van der Waals surface area contributed by atoms with Gasteiger partial charge in [0.2, 0.25) is 5.91 Å². The third-order valence-corrected chi connectivity index (χ3v) is 4.85. The molecule has 2 N–H and O–H groups in total. The van der Waals surface area contributed by atoms with E-state index in [0.29, 0.717) is 32.3 Å². The second kappa shape index (κ2) is 13.5. The summed E-state index contributed by atoms with van der Waals surface area (Å²) in [6, 6.07) is 10.4. The highest BCUT2D eigenvalue weighted by Crippen LogP contribution is 2.10. The number of nitrogens with one attached hydrogen (secondary N) is 2. The molecule has 0 aliphatic rings. The molecule has 0 spiro atoms. The Labute approximate surface area is 173 Å². The maximum Gasteiger partial charge on any atom is 0.305 e. The molecule has 1 amide bonds. The lowest BCUT2D eigenvalue weighted by molar-refractivity contribution is -0.143. The second-order valence-electron chi connectivity index (χ2n) is 7.29. The molecule has 0 fully saturated rings. The van der Waals surface area contributed by atoms with Gasteiger partial charge < -0.3 is 15.0 Å². The fourth-order valence-electron chi connectivity index (χ4n) is 3.33. The predicted molar refractivity (Wildman–Crippen MR) is 113 cm³/mol. The van der Waals surface area contributed by atoms with Crippen LogP contribution in [0, 0.1) is 0 Å². The van der Waals surface area contributed by atoms with Crippen LogP contribution >= 0.6 is 0 Å². The van der Waals surface area contributed by atoms with Crippen molar-refractivity contribution in [3.63, 3.8) is 0 Å². The normalized spacial score (nSPS) is 11.8. The number of rotatable bonds is 14. The van der Waals surface area contributed by atoms with Gasteiger partial charge in [-0.25, -0.2) is 4.98 Å². The standard InChI is InChI=1S/C23H33N3O3/c1-2-29-23(28)15-14-20(16-21-17-24-18-25-21)26-22(27)13-9-4-3-6-10-19-11-7-5-8-12-19/h5,7-8,11-12,17-18,20H,2-4,6,9-10,13-16H2,1H3,(H,24,25)(H,26,27)/t20-/m0/s1. The monoisotopic (exact) mass is 399 g/mol. The molecular formula is C23H33N3O3. The van der Waals surface area contributed by atoms with Gasteiger partial charge in [0.05, 0.1) is 12.9 Å². The molecule has 1 aromatic carbocycles.